The highest BCUT2D eigenvalue weighted by Crippen LogP contribution is 2.43. The fraction of sp³-hybridized carbons (Fsp3) is 0.136. The van der Waals surface area contributed by atoms with Crippen LogP contribution in [-0.4, -0.2) is 11.6 Å². The van der Waals surface area contributed by atoms with Crippen LogP contribution in [0.4, 0.5) is 0 Å². The van der Waals surface area contributed by atoms with Crippen LogP contribution in [-0.2, 0) is 11.2 Å². The third-order valence-corrected chi connectivity index (χ3v) is 5.01. The highest BCUT2D eigenvalue weighted by atomic mass is 16.5. The number of benzene rings is 2. The molecule has 0 saturated heterocycles. The van der Waals surface area contributed by atoms with Gasteiger partial charge in [0.2, 0.25) is 11.7 Å². The van der Waals surface area contributed by atoms with Crippen molar-refractivity contribution in [2.75, 3.05) is 0 Å². The van der Waals surface area contributed by atoms with E-state index in [9.17, 15) is 14.9 Å². The van der Waals surface area contributed by atoms with Gasteiger partial charge in [0, 0.05) is 11.1 Å². The summed E-state index contributed by atoms with van der Waals surface area (Å²) in [4.78, 5) is 26.1. The highest BCUT2D eigenvalue weighted by molar-refractivity contribution is 6.27. The van der Waals surface area contributed by atoms with Crippen molar-refractivity contribution in [1.29, 1.82) is 5.26 Å². The number of carbonyl (C=O) groups is 2. The van der Waals surface area contributed by atoms with Gasteiger partial charge in [-0.3, -0.25) is 9.59 Å². The molecule has 5 heteroatoms. The predicted molar refractivity (Wildman–Crippen MR) is 98.6 cm³/mol. The van der Waals surface area contributed by atoms with Crippen molar-refractivity contribution in [3.05, 3.63) is 93.6 Å². The van der Waals surface area contributed by atoms with Crippen LogP contribution in [0.1, 0.15) is 44.7 Å². The molecule has 1 heterocycles. The number of ketones is 2. The molecule has 2 aliphatic rings. The SMILES string of the molecule is CCc1ccc(C2C(C#N)=C(N)OC3=C2C(=O)c2ccccc2C3=O)cc1. The number of allylic oxidation sites excluding steroid dienone is 3. The van der Waals surface area contributed by atoms with E-state index < -0.39 is 11.7 Å². The van der Waals surface area contributed by atoms with Crippen molar-refractivity contribution in [2.24, 2.45) is 5.73 Å². The molecular weight excluding hydrogens is 340 g/mol. The van der Waals surface area contributed by atoms with E-state index in [-0.39, 0.29) is 34.1 Å². The van der Waals surface area contributed by atoms with Crippen molar-refractivity contribution in [1.82, 2.24) is 0 Å². The smallest absolute Gasteiger partial charge is 0.229 e. The van der Waals surface area contributed by atoms with Gasteiger partial charge in [0.25, 0.3) is 0 Å². The molecule has 4 rings (SSSR count). The average Bonchev–Trinajstić information content (AvgIpc) is 2.71. The van der Waals surface area contributed by atoms with Gasteiger partial charge in [-0.25, -0.2) is 0 Å². The van der Waals surface area contributed by atoms with E-state index in [0.29, 0.717) is 5.56 Å². The average molecular weight is 356 g/mol. The second-order valence-electron chi connectivity index (χ2n) is 6.47. The number of fused-ring (bicyclic) bond motifs is 1. The van der Waals surface area contributed by atoms with Gasteiger partial charge < -0.3 is 10.5 Å². The number of hydrogen-bond acceptors (Lipinski definition) is 5. The molecular formula is C22H16N2O3. The lowest BCUT2D eigenvalue weighted by atomic mass is 9.75. The molecule has 1 aliphatic carbocycles. The first kappa shape index (κ1) is 16.8. The summed E-state index contributed by atoms with van der Waals surface area (Å²) in [7, 11) is 0. The largest absolute Gasteiger partial charge is 0.436 e. The van der Waals surface area contributed by atoms with Crippen LogP contribution in [0.5, 0.6) is 0 Å². The molecule has 2 N–H and O–H groups in total. The maximum absolute atomic E-state index is 13.2. The molecule has 0 bridgehead atoms. The highest BCUT2D eigenvalue weighted by Gasteiger charge is 2.43. The minimum absolute atomic E-state index is 0.0835. The molecule has 0 radical (unpaired) electrons. The number of aryl methyl sites for hydroxylation is 1. The summed E-state index contributed by atoms with van der Waals surface area (Å²) in [6.45, 7) is 2.04. The van der Waals surface area contributed by atoms with Crippen LogP contribution in [0.3, 0.4) is 0 Å². The van der Waals surface area contributed by atoms with Gasteiger partial charge in [0.1, 0.15) is 11.6 Å². The summed E-state index contributed by atoms with van der Waals surface area (Å²) in [5, 5.41) is 9.64. The number of nitrogens with two attached hydrogens (primary N) is 1. The Labute approximate surface area is 156 Å². The Morgan fingerprint density at radius 2 is 1.67 bits per heavy atom. The molecule has 0 fully saturated rings. The van der Waals surface area contributed by atoms with Gasteiger partial charge in [-0.15, -0.1) is 0 Å². The minimum Gasteiger partial charge on any atom is -0.436 e. The number of rotatable bonds is 2. The van der Waals surface area contributed by atoms with Crippen molar-refractivity contribution < 1.29 is 14.3 Å². The van der Waals surface area contributed by atoms with E-state index in [2.05, 4.69) is 6.07 Å². The third kappa shape index (κ3) is 2.46. The van der Waals surface area contributed by atoms with E-state index in [1.165, 1.54) is 0 Å². The van der Waals surface area contributed by atoms with E-state index in [4.69, 9.17) is 10.5 Å². The summed E-state index contributed by atoms with van der Waals surface area (Å²) >= 11 is 0. The summed E-state index contributed by atoms with van der Waals surface area (Å²) < 4.78 is 5.47. The fourth-order valence-corrected chi connectivity index (χ4v) is 3.59. The van der Waals surface area contributed by atoms with E-state index >= 15 is 0 Å². The van der Waals surface area contributed by atoms with Gasteiger partial charge in [-0.1, -0.05) is 55.5 Å². The van der Waals surface area contributed by atoms with Crippen molar-refractivity contribution in [3.8, 4) is 6.07 Å². The maximum atomic E-state index is 13.2. The Bertz CT molecular complexity index is 1090. The molecule has 0 amide bonds. The number of ether oxygens (including phenoxy) is 1. The molecule has 27 heavy (non-hydrogen) atoms. The Morgan fingerprint density at radius 1 is 1.04 bits per heavy atom. The molecule has 132 valence electrons. The van der Waals surface area contributed by atoms with E-state index in [0.717, 1.165) is 17.5 Å². The van der Waals surface area contributed by atoms with Gasteiger partial charge in [-0.05, 0) is 17.5 Å². The first-order chi connectivity index (χ1) is 13.1. The van der Waals surface area contributed by atoms with Gasteiger partial charge in [0.05, 0.1) is 11.5 Å². The lowest BCUT2D eigenvalue weighted by Gasteiger charge is -2.31. The van der Waals surface area contributed by atoms with Gasteiger partial charge in [0.15, 0.2) is 11.5 Å². The van der Waals surface area contributed by atoms with Crippen molar-refractivity contribution >= 4 is 11.6 Å². The number of carbonyl (C=O) groups excluding carboxylic acids is 2. The summed E-state index contributed by atoms with van der Waals surface area (Å²) in [5.41, 5.74) is 8.72. The van der Waals surface area contributed by atoms with Crippen LogP contribution in [0, 0.1) is 11.3 Å². The number of nitrogens with zero attached hydrogens (tertiary/aromatic N) is 1. The second kappa shape index (κ2) is 6.26. The first-order valence-electron chi connectivity index (χ1n) is 8.65. The van der Waals surface area contributed by atoms with Crippen LogP contribution in [0.15, 0.2) is 71.3 Å². The molecule has 5 nitrogen and oxygen atoms in total. The second-order valence-corrected chi connectivity index (χ2v) is 6.47. The summed E-state index contributed by atoms with van der Waals surface area (Å²) in [6.07, 6.45) is 0.871. The quantitative estimate of drug-likeness (QED) is 0.890. The van der Waals surface area contributed by atoms with Crippen LogP contribution in [0.25, 0.3) is 0 Å². The number of nitriles is 1. The summed E-state index contributed by atoms with van der Waals surface area (Å²) in [6, 6.07) is 16.3. The van der Waals surface area contributed by atoms with Gasteiger partial charge >= 0.3 is 0 Å². The zero-order valence-corrected chi connectivity index (χ0v) is 14.7. The van der Waals surface area contributed by atoms with E-state index in [1.807, 2.05) is 31.2 Å². The standard InChI is InChI=1S/C22H16N2O3/c1-2-12-7-9-13(10-8-12)17-16(11-23)22(24)27-21-18(17)19(25)14-5-3-4-6-15(14)20(21)26/h3-10,17H,2,24H2,1H3. The first-order valence-corrected chi connectivity index (χ1v) is 8.65. The Morgan fingerprint density at radius 3 is 2.26 bits per heavy atom. The van der Waals surface area contributed by atoms with Crippen LogP contribution < -0.4 is 5.73 Å². The zero-order valence-electron chi connectivity index (χ0n) is 14.7. The normalized spacial score (nSPS) is 18.6. The topological polar surface area (TPSA) is 93.2 Å². The number of hydrogen-bond donors (Lipinski definition) is 1. The van der Waals surface area contributed by atoms with Crippen LogP contribution in [0.2, 0.25) is 0 Å². The Kier molecular flexibility index (Phi) is 3.89. The Balaban J connectivity index is 1.94. The molecule has 1 unspecified atom stereocenters. The maximum Gasteiger partial charge on any atom is 0.229 e. The number of Topliss-reactive ketones (excluding diaryl/α,β-unsaturated/α-hetero) is 2. The molecule has 2 aromatic rings. The Hall–Kier alpha value is -3.65. The summed E-state index contributed by atoms with van der Waals surface area (Å²) in [5.74, 6) is -1.66. The molecule has 0 aromatic heterocycles. The monoisotopic (exact) mass is 356 g/mol. The van der Waals surface area contributed by atoms with E-state index in [1.54, 1.807) is 24.3 Å². The lowest BCUT2D eigenvalue weighted by molar-refractivity contribution is 0.0897. The predicted octanol–water partition coefficient (Wildman–Crippen LogP) is 3.39. The fourth-order valence-electron chi connectivity index (χ4n) is 3.59. The molecule has 1 aliphatic heterocycles. The van der Waals surface area contributed by atoms with Gasteiger partial charge in [-0.2, -0.15) is 5.26 Å². The molecule has 0 spiro atoms. The lowest BCUT2D eigenvalue weighted by Crippen LogP contribution is -2.32. The van der Waals surface area contributed by atoms with Crippen molar-refractivity contribution in [2.45, 2.75) is 19.3 Å². The molecule has 2 aromatic carbocycles. The van der Waals surface area contributed by atoms with Crippen LogP contribution >= 0.6 is 0 Å². The third-order valence-electron chi connectivity index (χ3n) is 5.01. The molecule has 1 atom stereocenters. The molecule has 0 saturated carbocycles. The van der Waals surface area contributed by atoms with Crippen molar-refractivity contribution in [3.63, 3.8) is 0 Å². The minimum atomic E-state index is -0.727. The zero-order chi connectivity index (χ0) is 19.1.